The lowest BCUT2D eigenvalue weighted by Crippen LogP contribution is -2.26. The van der Waals surface area contributed by atoms with Gasteiger partial charge < -0.3 is 13.7 Å². The van der Waals surface area contributed by atoms with Crippen LogP contribution in [0.2, 0.25) is 0 Å². The minimum atomic E-state index is -0.767. The Hall–Kier alpha value is -4.53. The molecule has 5 aromatic rings. The fraction of sp³-hybridized carbons (Fsp3) is 0.154. The van der Waals surface area contributed by atoms with Crippen molar-refractivity contribution in [1.82, 2.24) is 14.1 Å². The molecule has 0 aliphatic rings. The summed E-state index contributed by atoms with van der Waals surface area (Å²) >= 11 is 0. The predicted octanol–water partition coefficient (Wildman–Crippen LogP) is 4.12. The number of hydrogen-bond donors (Lipinski definition) is 0. The van der Waals surface area contributed by atoms with Crippen LogP contribution in [-0.4, -0.2) is 32.5 Å². The molecule has 0 bridgehead atoms. The van der Waals surface area contributed by atoms with Crippen LogP contribution in [0.3, 0.4) is 0 Å². The molecule has 35 heavy (non-hydrogen) atoms. The van der Waals surface area contributed by atoms with E-state index in [-0.39, 0.29) is 11.4 Å². The summed E-state index contributed by atoms with van der Waals surface area (Å²) in [6.07, 6.45) is 1.25. The molecule has 3 heterocycles. The highest BCUT2D eigenvalue weighted by Crippen LogP contribution is 2.24. The Morgan fingerprint density at radius 3 is 2.69 bits per heavy atom. The largest absolute Gasteiger partial charge is 0.456 e. The number of Topliss-reactive ketones (excluding diaryl/α,β-unsaturated/α-hetero) is 1. The van der Waals surface area contributed by atoms with E-state index in [0.29, 0.717) is 33.4 Å². The first-order valence-corrected chi connectivity index (χ1v) is 10.8. The van der Waals surface area contributed by atoms with Crippen molar-refractivity contribution in [1.29, 1.82) is 0 Å². The van der Waals surface area contributed by atoms with Gasteiger partial charge in [-0.15, -0.1) is 0 Å². The summed E-state index contributed by atoms with van der Waals surface area (Å²) in [5, 5.41) is 0.704. The molecule has 0 unspecified atom stereocenters. The maximum Gasteiger partial charge on any atom is 0.326 e. The first kappa shape index (κ1) is 22.3. The second-order valence-corrected chi connectivity index (χ2v) is 8.14. The third-order valence-electron chi connectivity index (χ3n) is 5.81. The van der Waals surface area contributed by atoms with Gasteiger partial charge in [0, 0.05) is 28.0 Å². The lowest BCUT2D eigenvalue weighted by atomic mass is 10.1. The Labute approximate surface area is 198 Å². The van der Waals surface area contributed by atoms with Gasteiger partial charge in [-0.2, -0.15) is 0 Å². The van der Waals surface area contributed by atoms with Crippen molar-refractivity contribution in [3.05, 3.63) is 94.0 Å². The molecule has 0 atom stereocenters. The molecule has 9 heteroatoms. The molecule has 0 amide bonds. The molecule has 0 saturated heterocycles. The number of aryl methyl sites for hydroxylation is 1. The summed E-state index contributed by atoms with van der Waals surface area (Å²) in [6.45, 7) is 2.62. The molecular weight excluding hydrogens is 453 g/mol. The molecule has 0 aliphatic carbocycles. The van der Waals surface area contributed by atoms with Gasteiger partial charge >= 0.3 is 5.97 Å². The van der Waals surface area contributed by atoms with Crippen molar-refractivity contribution in [3.63, 3.8) is 0 Å². The van der Waals surface area contributed by atoms with Gasteiger partial charge in [0.1, 0.15) is 23.5 Å². The van der Waals surface area contributed by atoms with Gasteiger partial charge in [0.05, 0.1) is 6.33 Å². The smallest absolute Gasteiger partial charge is 0.326 e. The Balaban J connectivity index is 1.30. The number of carbonyl (C=O) groups excluding carboxylic acids is 2. The third kappa shape index (κ3) is 4.01. The van der Waals surface area contributed by atoms with E-state index in [4.69, 9.17) is 9.15 Å². The van der Waals surface area contributed by atoms with Gasteiger partial charge in [0.2, 0.25) is 11.4 Å². The zero-order chi connectivity index (χ0) is 24.7. The van der Waals surface area contributed by atoms with Crippen LogP contribution in [0.5, 0.6) is 0 Å². The van der Waals surface area contributed by atoms with Gasteiger partial charge in [-0.25, -0.2) is 9.37 Å². The average molecular weight is 473 g/mol. The molecule has 0 aliphatic heterocycles. The van der Waals surface area contributed by atoms with Crippen LogP contribution in [0.15, 0.2) is 70.1 Å². The lowest BCUT2D eigenvalue weighted by Gasteiger charge is -2.10. The van der Waals surface area contributed by atoms with Crippen LogP contribution < -0.4 is 5.56 Å². The molecular formula is C26H20FN3O5. The van der Waals surface area contributed by atoms with E-state index in [1.165, 1.54) is 18.5 Å². The molecule has 3 aromatic heterocycles. The number of esters is 1. The van der Waals surface area contributed by atoms with Crippen molar-refractivity contribution in [2.75, 3.05) is 6.61 Å². The van der Waals surface area contributed by atoms with E-state index in [1.807, 2.05) is 6.07 Å². The highest BCUT2D eigenvalue weighted by molar-refractivity contribution is 6.02. The molecule has 0 radical (unpaired) electrons. The molecule has 0 spiro atoms. The van der Waals surface area contributed by atoms with Crippen molar-refractivity contribution >= 4 is 33.8 Å². The minimum absolute atomic E-state index is 0.0439. The number of ketones is 1. The molecule has 5 rings (SSSR count). The third-order valence-corrected chi connectivity index (χ3v) is 5.81. The Morgan fingerprint density at radius 2 is 1.89 bits per heavy atom. The molecule has 176 valence electrons. The van der Waals surface area contributed by atoms with E-state index in [2.05, 4.69) is 4.98 Å². The van der Waals surface area contributed by atoms with Crippen LogP contribution >= 0.6 is 0 Å². The number of fused-ring (bicyclic) bond motifs is 3. The average Bonchev–Trinajstić information content (AvgIpc) is 3.36. The number of carbonyl (C=O) groups is 2. The number of halogens is 1. The van der Waals surface area contributed by atoms with Gasteiger partial charge in [0.15, 0.2) is 6.61 Å². The Kier molecular flexibility index (Phi) is 5.52. The maximum absolute atomic E-state index is 13.7. The molecule has 2 aromatic carbocycles. The van der Waals surface area contributed by atoms with Gasteiger partial charge in [-0.1, -0.05) is 18.2 Å². The number of furan rings is 1. The minimum Gasteiger partial charge on any atom is -0.456 e. The molecule has 0 fully saturated rings. The first-order chi connectivity index (χ1) is 16.8. The predicted molar refractivity (Wildman–Crippen MR) is 126 cm³/mol. The van der Waals surface area contributed by atoms with Crippen LogP contribution in [0.1, 0.15) is 21.7 Å². The maximum atomic E-state index is 13.7. The van der Waals surface area contributed by atoms with Crippen LogP contribution in [0, 0.1) is 19.7 Å². The quantitative estimate of drug-likeness (QED) is 0.272. The first-order valence-electron chi connectivity index (χ1n) is 10.8. The zero-order valence-electron chi connectivity index (χ0n) is 18.9. The lowest BCUT2D eigenvalue weighted by molar-refractivity contribution is -0.143. The van der Waals surface area contributed by atoms with Crippen LogP contribution in [-0.2, 0) is 16.1 Å². The highest BCUT2D eigenvalue weighted by Gasteiger charge is 2.20. The van der Waals surface area contributed by atoms with Crippen molar-refractivity contribution in [2.24, 2.45) is 0 Å². The molecule has 8 nitrogen and oxygen atoms in total. The van der Waals surface area contributed by atoms with Crippen molar-refractivity contribution in [3.8, 4) is 5.69 Å². The molecule has 0 N–H and O–H groups in total. The van der Waals surface area contributed by atoms with E-state index < -0.39 is 30.5 Å². The van der Waals surface area contributed by atoms with Crippen LogP contribution in [0.25, 0.3) is 27.8 Å². The summed E-state index contributed by atoms with van der Waals surface area (Å²) in [5.41, 5.74) is 2.75. The number of benzene rings is 2. The van der Waals surface area contributed by atoms with Gasteiger partial charge in [-0.3, -0.25) is 19.0 Å². The number of rotatable bonds is 6. The summed E-state index contributed by atoms with van der Waals surface area (Å²) in [5.74, 6) is -1.56. The SMILES string of the molecule is Cc1cc(C(=O)COC(=O)Cn2cnc3c(oc4ccccc43)c2=O)c(C)n1-c1cccc(F)c1. The summed E-state index contributed by atoms with van der Waals surface area (Å²) in [6, 6.07) is 14.8. The number of nitrogens with zero attached hydrogens (tertiary/aromatic N) is 3. The van der Waals surface area contributed by atoms with E-state index in [1.54, 1.807) is 54.8 Å². The zero-order valence-corrected chi connectivity index (χ0v) is 18.9. The standard InChI is InChI=1S/C26H20FN3O5/c1-15-10-20(16(2)30(15)18-7-5-6-17(27)11-18)21(31)13-34-23(32)12-29-14-28-24-19-8-3-4-9-22(19)35-25(24)26(29)33/h3-11,14H,12-13H2,1-2H3. The number of hydrogen-bond acceptors (Lipinski definition) is 6. The number of ether oxygens (including phenoxy) is 1. The van der Waals surface area contributed by atoms with Crippen LogP contribution in [0.4, 0.5) is 4.39 Å². The summed E-state index contributed by atoms with van der Waals surface area (Å²) in [7, 11) is 0. The summed E-state index contributed by atoms with van der Waals surface area (Å²) < 4.78 is 27.2. The highest BCUT2D eigenvalue weighted by atomic mass is 19.1. The van der Waals surface area contributed by atoms with E-state index in [9.17, 15) is 18.8 Å². The topological polar surface area (TPSA) is 96.3 Å². The fourth-order valence-corrected chi connectivity index (χ4v) is 4.19. The number of aromatic nitrogens is 3. The van der Waals surface area contributed by atoms with E-state index in [0.717, 1.165) is 10.3 Å². The van der Waals surface area contributed by atoms with Gasteiger partial charge in [0.25, 0.3) is 5.56 Å². The van der Waals surface area contributed by atoms with E-state index >= 15 is 0 Å². The number of para-hydroxylation sites is 1. The molecule has 0 saturated carbocycles. The second kappa shape index (κ2) is 8.68. The summed E-state index contributed by atoms with van der Waals surface area (Å²) in [4.78, 5) is 42.2. The normalized spacial score (nSPS) is 11.3. The van der Waals surface area contributed by atoms with Crippen molar-refractivity contribution < 1.29 is 23.1 Å². The Bertz CT molecular complexity index is 1680. The fourth-order valence-electron chi connectivity index (χ4n) is 4.19. The second-order valence-electron chi connectivity index (χ2n) is 8.14. The van der Waals surface area contributed by atoms with Gasteiger partial charge in [-0.05, 0) is 50.2 Å². The van der Waals surface area contributed by atoms with Crippen molar-refractivity contribution in [2.45, 2.75) is 20.4 Å². The Morgan fingerprint density at radius 1 is 1.09 bits per heavy atom. The monoisotopic (exact) mass is 473 g/mol.